The smallest absolute Gasteiger partial charge is 0.0898 e. The molecule has 3 heteroatoms. The molecule has 3 unspecified atom stereocenters. The van der Waals surface area contributed by atoms with Gasteiger partial charge in [0.2, 0.25) is 0 Å². The second-order valence-electron chi connectivity index (χ2n) is 5.74. The Labute approximate surface area is 109 Å². The second-order valence-corrected chi connectivity index (χ2v) is 6.80. The van der Waals surface area contributed by atoms with Crippen molar-refractivity contribution in [2.75, 3.05) is 7.05 Å². The third-order valence-corrected chi connectivity index (χ3v) is 4.74. The van der Waals surface area contributed by atoms with E-state index in [2.05, 4.69) is 43.5 Å². The summed E-state index contributed by atoms with van der Waals surface area (Å²) >= 11 is 1.76. The van der Waals surface area contributed by atoms with Crippen molar-refractivity contribution in [2.24, 2.45) is 17.8 Å². The van der Waals surface area contributed by atoms with Crippen LogP contribution in [0.25, 0.3) is 0 Å². The van der Waals surface area contributed by atoms with Gasteiger partial charge in [0.15, 0.2) is 0 Å². The van der Waals surface area contributed by atoms with E-state index in [0.29, 0.717) is 6.04 Å². The molecule has 96 valence electrons. The number of aromatic nitrogens is 1. The lowest BCUT2D eigenvalue weighted by Gasteiger charge is -2.35. The summed E-state index contributed by atoms with van der Waals surface area (Å²) in [5, 5.41) is 6.89. The van der Waals surface area contributed by atoms with Crippen molar-refractivity contribution in [1.82, 2.24) is 10.3 Å². The normalized spacial score (nSPS) is 31.4. The van der Waals surface area contributed by atoms with Crippen molar-refractivity contribution in [3.05, 3.63) is 16.1 Å². The molecule has 1 N–H and O–H groups in total. The Morgan fingerprint density at radius 3 is 2.41 bits per heavy atom. The van der Waals surface area contributed by atoms with E-state index < -0.39 is 0 Å². The first kappa shape index (κ1) is 13.0. The van der Waals surface area contributed by atoms with Crippen LogP contribution in [-0.4, -0.2) is 12.0 Å². The summed E-state index contributed by atoms with van der Waals surface area (Å²) in [6.07, 6.45) is 4.07. The van der Waals surface area contributed by atoms with Gasteiger partial charge in [-0.05, 0) is 51.0 Å². The molecule has 3 atom stereocenters. The maximum absolute atomic E-state index is 4.66. The van der Waals surface area contributed by atoms with Gasteiger partial charge in [-0.15, -0.1) is 11.3 Å². The molecular formula is C14H24N2S. The van der Waals surface area contributed by atoms with Crippen molar-refractivity contribution < 1.29 is 0 Å². The molecule has 2 rings (SSSR count). The van der Waals surface area contributed by atoms with Crippen LogP contribution in [0.5, 0.6) is 0 Å². The third kappa shape index (κ3) is 3.08. The summed E-state index contributed by atoms with van der Waals surface area (Å²) in [5.41, 5.74) is 1.25. The van der Waals surface area contributed by atoms with Gasteiger partial charge in [0, 0.05) is 5.38 Å². The predicted molar refractivity (Wildman–Crippen MR) is 74.3 cm³/mol. The number of hydrogen-bond acceptors (Lipinski definition) is 3. The number of hydrogen-bond donors (Lipinski definition) is 1. The zero-order valence-electron chi connectivity index (χ0n) is 11.4. The van der Waals surface area contributed by atoms with Crippen LogP contribution in [0.2, 0.25) is 0 Å². The zero-order chi connectivity index (χ0) is 12.4. The average molecular weight is 252 g/mol. The minimum absolute atomic E-state index is 0.449. The molecule has 1 aliphatic rings. The lowest BCUT2D eigenvalue weighted by atomic mass is 9.73. The molecule has 0 aliphatic heterocycles. The fourth-order valence-corrected chi connectivity index (χ4v) is 4.08. The molecule has 1 saturated carbocycles. The van der Waals surface area contributed by atoms with E-state index in [9.17, 15) is 0 Å². The Hall–Kier alpha value is -0.410. The molecule has 0 bridgehead atoms. The molecule has 1 fully saturated rings. The highest BCUT2D eigenvalue weighted by atomic mass is 32.1. The van der Waals surface area contributed by atoms with Crippen LogP contribution in [0.4, 0.5) is 0 Å². The third-order valence-electron chi connectivity index (χ3n) is 3.95. The van der Waals surface area contributed by atoms with Crippen molar-refractivity contribution in [2.45, 2.75) is 46.1 Å². The van der Waals surface area contributed by atoms with Gasteiger partial charge in [-0.2, -0.15) is 0 Å². The average Bonchev–Trinajstić information content (AvgIpc) is 2.64. The molecule has 0 amide bonds. The lowest BCUT2D eigenvalue weighted by Crippen LogP contribution is -2.31. The summed E-state index contributed by atoms with van der Waals surface area (Å²) in [7, 11) is 2.07. The number of rotatable bonds is 3. The molecule has 0 radical (unpaired) electrons. The van der Waals surface area contributed by atoms with E-state index >= 15 is 0 Å². The van der Waals surface area contributed by atoms with Gasteiger partial charge in [0.25, 0.3) is 0 Å². The van der Waals surface area contributed by atoms with Gasteiger partial charge < -0.3 is 5.32 Å². The van der Waals surface area contributed by atoms with Crippen LogP contribution in [0.1, 0.15) is 49.9 Å². The summed E-state index contributed by atoms with van der Waals surface area (Å²) in [6, 6.07) is 0.449. The van der Waals surface area contributed by atoms with Crippen LogP contribution in [-0.2, 0) is 0 Å². The first-order valence-corrected chi connectivity index (χ1v) is 7.57. The van der Waals surface area contributed by atoms with Gasteiger partial charge >= 0.3 is 0 Å². The second kappa shape index (κ2) is 5.49. The zero-order valence-corrected chi connectivity index (χ0v) is 12.2. The van der Waals surface area contributed by atoms with Crippen molar-refractivity contribution in [3.8, 4) is 0 Å². The highest BCUT2D eigenvalue weighted by molar-refractivity contribution is 7.09. The molecular weight excluding hydrogens is 228 g/mol. The van der Waals surface area contributed by atoms with Gasteiger partial charge in [-0.25, -0.2) is 4.98 Å². The number of aryl methyl sites for hydroxylation is 1. The Bertz CT molecular complexity index is 351. The van der Waals surface area contributed by atoms with Gasteiger partial charge in [0.1, 0.15) is 0 Å². The summed E-state index contributed by atoms with van der Waals surface area (Å²) in [5.74, 6) is 2.47. The molecule has 1 aromatic heterocycles. The minimum atomic E-state index is 0.449. The van der Waals surface area contributed by atoms with Gasteiger partial charge in [-0.3, -0.25) is 0 Å². The van der Waals surface area contributed by atoms with E-state index in [-0.39, 0.29) is 0 Å². The number of nitrogens with one attached hydrogen (secondary N) is 1. The first-order valence-electron chi connectivity index (χ1n) is 6.69. The number of nitrogens with zero attached hydrogens (tertiary/aromatic N) is 1. The van der Waals surface area contributed by atoms with E-state index in [1.54, 1.807) is 11.3 Å². The summed E-state index contributed by atoms with van der Waals surface area (Å²) in [6.45, 7) is 6.87. The van der Waals surface area contributed by atoms with Crippen LogP contribution < -0.4 is 5.32 Å². The molecule has 1 aromatic rings. The van der Waals surface area contributed by atoms with Crippen LogP contribution in [0.3, 0.4) is 0 Å². The Morgan fingerprint density at radius 1 is 1.29 bits per heavy atom. The summed E-state index contributed by atoms with van der Waals surface area (Å²) < 4.78 is 0. The molecule has 0 spiro atoms. The van der Waals surface area contributed by atoms with E-state index in [1.165, 1.54) is 30.0 Å². The monoisotopic (exact) mass is 252 g/mol. The fourth-order valence-electron chi connectivity index (χ4n) is 3.43. The number of thiazole rings is 1. The Kier molecular flexibility index (Phi) is 4.21. The molecule has 1 aliphatic carbocycles. The van der Waals surface area contributed by atoms with Gasteiger partial charge in [0.05, 0.1) is 16.7 Å². The van der Waals surface area contributed by atoms with Crippen molar-refractivity contribution in [3.63, 3.8) is 0 Å². The van der Waals surface area contributed by atoms with E-state index in [1.807, 2.05) is 0 Å². The quantitative estimate of drug-likeness (QED) is 0.885. The minimum Gasteiger partial charge on any atom is -0.311 e. The predicted octanol–water partition coefficient (Wildman–Crippen LogP) is 3.78. The maximum Gasteiger partial charge on any atom is 0.0898 e. The van der Waals surface area contributed by atoms with E-state index in [0.717, 1.165) is 17.8 Å². The van der Waals surface area contributed by atoms with Crippen molar-refractivity contribution in [1.29, 1.82) is 0 Å². The van der Waals surface area contributed by atoms with Crippen molar-refractivity contribution >= 4 is 11.3 Å². The van der Waals surface area contributed by atoms with Gasteiger partial charge in [-0.1, -0.05) is 13.8 Å². The topological polar surface area (TPSA) is 24.9 Å². The SMILES string of the molecule is CNC(c1csc(C)n1)C1CC(C)CC(C)C1. The maximum atomic E-state index is 4.66. The highest BCUT2D eigenvalue weighted by Crippen LogP contribution is 2.39. The molecule has 0 aromatic carbocycles. The molecule has 2 nitrogen and oxygen atoms in total. The van der Waals surface area contributed by atoms with Crippen LogP contribution >= 0.6 is 11.3 Å². The van der Waals surface area contributed by atoms with Crippen LogP contribution in [0.15, 0.2) is 5.38 Å². The largest absolute Gasteiger partial charge is 0.311 e. The summed E-state index contributed by atoms with van der Waals surface area (Å²) in [4.78, 5) is 4.66. The first-order chi connectivity index (χ1) is 8.10. The molecule has 1 heterocycles. The van der Waals surface area contributed by atoms with E-state index in [4.69, 9.17) is 0 Å². The fraction of sp³-hybridized carbons (Fsp3) is 0.786. The standard InChI is InChI=1S/C14H24N2S/c1-9-5-10(2)7-12(6-9)14(15-4)13-8-17-11(3)16-13/h8-10,12,14-15H,5-7H2,1-4H3. The molecule has 0 saturated heterocycles. The Balaban J connectivity index is 2.12. The molecule has 17 heavy (non-hydrogen) atoms. The Morgan fingerprint density at radius 2 is 1.94 bits per heavy atom. The lowest BCUT2D eigenvalue weighted by molar-refractivity contribution is 0.179. The van der Waals surface area contributed by atoms with Crippen LogP contribution in [0, 0.1) is 24.7 Å². The highest BCUT2D eigenvalue weighted by Gasteiger charge is 2.31.